The van der Waals surface area contributed by atoms with Crippen LogP contribution < -0.4 is 0 Å². The van der Waals surface area contributed by atoms with Gasteiger partial charge in [0, 0.05) is 43.8 Å². The smallest absolute Gasteiger partial charge is 0.0761 e. The molecule has 0 unspecified atom stereocenters. The lowest BCUT2D eigenvalue weighted by atomic mass is 9.66. The molecule has 0 aliphatic heterocycles. The van der Waals surface area contributed by atoms with Crippen molar-refractivity contribution in [2.75, 3.05) is 0 Å². The number of nitrogens with zero attached hydrogens (tertiary/aromatic N) is 3. The Morgan fingerprint density at radius 1 is 0.268 bits per heavy atom. The van der Waals surface area contributed by atoms with Crippen LogP contribution in [-0.4, -0.2) is 14.4 Å². The van der Waals surface area contributed by atoms with Gasteiger partial charge >= 0.3 is 0 Å². The minimum Gasteiger partial charge on any atom is -0.305 e. The van der Waals surface area contributed by atoms with Gasteiger partial charge in [-0.2, -0.15) is 0 Å². The fourth-order valence-electron chi connectivity index (χ4n) is 16.7. The summed E-state index contributed by atoms with van der Waals surface area (Å²) in [5, 5.41) is 4.82. The van der Waals surface area contributed by atoms with Gasteiger partial charge < -0.3 is 4.40 Å². The highest BCUT2D eigenvalue weighted by Crippen LogP contribution is 2.65. The molecule has 4 heterocycles. The zero-order valence-corrected chi connectivity index (χ0v) is 44.5. The molecule has 19 rings (SSSR count). The second-order valence-electron chi connectivity index (χ2n) is 22.9. The summed E-state index contributed by atoms with van der Waals surface area (Å²) in [7, 11) is 0. The number of hydrogen-bond donors (Lipinski definition) is 0. The summed E-state index contributed by atoms with van der Waals surface area (Å²) in [4.78, 5) is 11.4. The van der Waals surface area contributed by atoms with E-state index in [1.54, 1.807) is 0 Å². The lowest BCUT2D eigenvalue weighted by molar-refractivity contribution is 0.774. The molecule has 11 aromatic carbocycles. The van der Waals surface area contributed by atoms with Gasteiger partial charge in [0.05, 0.1) is 56.6 Å². The summed E-state index contributed by atoms with van der Waals surface area (Å²) in [5.41, 5.74) is 28.4. The van der Waals surface area contributed by atoms with Crippen LogP contribution in [0.15, 0.2) is 285 Å². The molecule has 3 nitrogen and oxygen atoms in total. The Kier molecular flexibility index (Phi) is 8.59. The van der Waals surface area contributed by atoms with Crippen LogP contribution in [0.4, 0.5) is 0 Å². The van der Waals surface area contributed by atoms with Gasteiger partial charge in [-0.05, 0) is 107 Å². The molecule has 3 heteroatoms. The Hall–Kier alpha value is -10.5. The summed E-state index contributed by atoms with van der Waals surface area (Å²) >= 11 is 0. The summed E-state index contributed by atoms with van der Waals surface area (Å²) in [6.45, 7) is 0. The lowest BCUT2D eigenvalue weighted by Gasteiger charge is -2.34. The Morgan fingerprint density at radius 2 is 0.598 bits per heavy atom. The predicted molar refractivity (Wildman–Crippen MR) is 333 cm³/mol. The van der Waals surface area contributed by atoms with Gasteiger partial charge in [0.25, 0.3) is 0 Å². The fraction of sp³-hybridized carbons (Fsp3) is 0.0380. The van der Waals surface area contributed by atoms with Crippen molar-refractivity contribution in [2.24, 2.45) is 0 Å². The second-order valence-corrected chi connectivity index (χ2v) is 22.9. The van der Waals surface area contributed by atoms with Crippen LogP contribution in [0.2, 0.25) is 0 Å². The fourth-order valence-corrected chi connectivity index (χ4v) is 16.7. The lowest BCUT2D eigenvalue weighted by Crippen LogP contribution is -2.29. The molecule has 0 saturated heterocycles. The van der Waals surface area contributed by atoms with E-state index in [0.717, 1.165) is 33.5 Å². The summed E-state index contributed by atoms with van der Waals surface area (Å²) in [6.07, 6.45) is 4.34. The van der Waals surface area contributed by atoms with Crippen LogP contribution in [0.1, 0.15) is 66.8 Å². The highest BCUT2D eigenvalue weighted by Gasteiger charge is 2.53. The summed E-state index contributed by atoms with van der Waals surface area (Å²) < 4.78 is 2.54. The maximum Gasteiger partial charge on any atom is 0.0761 e. The Morgan fingerprint density at radius 3 is 0.988 bits per heavy atom. The first kappa shape index (κ1) is 44.4. The van der Waals surface area contributed by atoms with Gasteiger partial charge in [-0.15, -0.1) is 0 Å². The van der Waals surface area contributed by atoms with E-state index < -0.39 is 16.2 Å². The van der Waals surface area contributed by atoms with E-state index in [-0.39, 0.29) is 0 Å². The zero-order valence-electron chi connectivity index (χ0n) is 44.5. The van der Waals surface area contributed by atoms with E-state index in [0.29, 0.717) is 0 Å². The van der Waals surface area contributed by atoms with Gasteiger partial charge in [-0.25, -0.2) is 0 Å². The average molecular weight is 1040 g/mol. The molecule has 0 atom stereocenters. The quantitative estimate of drug-likeness (QED) is 0.172. The van der Waals surface area contributed by atoms with Crippen molar-refractivity contribution < 1.29 is 0 Å². The van der Waals surface area contributed by atoms with Crippen LogP contribution in [0.25, 0.3) is 94.0 Å². The number of hydrogen-bond acceptors (Lipinski definition) is 2. The van der Waals surface area contributed by atoms with Crippen LogP contribution in [0.3, 0.4) is 0 Å². The topological polar surface area (TPSA) is 30.2 Å². The van der Waals surface area contributed by atoms with E-state index in [2.05, 4.69) is 290 Å². The maximum atomic E-state index is 5.68. The van der Waals surface area contributed by atoms with Crippen molar-refractivity contribution in [3.05, 3.63) is 352 Å². The van der Waals surface area contributed by atoms with Crippen molar-refractivity contribution >= 4 is 38.1 Å². The van der Waals surface area contributed by atoms with Crippen LogP contribution >= 0.6 is 0 Å². The molecule has 4 aromatic heterocycles. The minimum atomic E-state index is -0.694. The number of pyridine rings is 2. The Bertz CT molecular complexity index is 4840. The largest absolute Gasteiger partial charge is 0.305 e. The standard InChI is InChI=1S/C79H47N3/c1-5-23-50(24-6-1)77(51-25-7-2-8-26-51)65-39-21-16-34-58(65)74-72(77)70-60-43-49(48-41-42-57-56-33-15-20-38-64(56)79(67(57)45-48)62-36-18-13-31-54(62)55-32-14-19-37-63(55)79)44-61-71-69(82(76(60)61)68(70)46-80-74)47-81-75-59-35-17-22-40-66(59)78(73(71)75,52-27-9-3-10-28-52)53-29-11-4-12-30-53/h1-47H. The molecule has 0 saturated carbocycles. The van der Waals surface area contributed by atoms with E-state index in [1.807, 2.05) is 0 Å². The molecular formula is C79H47N3. The third kappa shape index (κ3) is 5.16. The second kappa shape index (κ2) is 15.9. The van der Waals surface area contributed by atoms with Gasteiger partial charge in [-0.3, -0.25) is 9.97 Å². The van der Waals surface area contributed by atoms with Crippen LogP contribution in [0.5, 0.6) is 0 Å². The first-order chi connectivity index (χ1) is 40.7. The molecule has 0 amide bonds. The average Bonchev–Trinajstić information content (AvgIpc) is 1.67. The van der Waals surface area contributed by atoms with E-state index in [4.69, 9.17) is 9.97 Å². The highest BCUT2D eigenvalue weighted by atomic mass is 15.0. The van der Waals surface area contributed by atoms with E-state index in [9.17, 15) is 0 Å². The van der Waals surface area contributed by atoms with Gasteiger partial charge in [0.15, 0.2) is 0 Å². The predicted octanol–water partition coefficient (Wildman–Crippen LogP) is 18.4. The maximum absolute atomic E-state index is 5.68. The van der Waals surface area contributed by atoms with Crippen molar-refractivity contribution in [3.63, 3.8) is 0 Å². The van der Waals surface area contributed by atoms with Gasteiger partial charge in [0.2, 0.25) is 0 Å². The molecule has 1 spiro atoms. The van der Waals surface area contributed by atoms with Crippen molar-refractivity contribution in [1.82, 2.24) is 14.4 Å². The molecule has 4 aliphatic rings. The minimum absolute atomic E-state index is 0.495. The molecule has 0 bridgehead atoms. The highest BCUT2D eigenvalue weighted by molar-refractivity contribution is 6.28. The van der Waals surface area contributed by atoms with Gasteiger partial charge in [-0.1, -0.05) is 255 Å². The number of aromatic nitrogens is 3. The monoisotopic (exact) mass is 1040 g/mol. The van der Waals surface area contributed by atoms with E-state index in [1.165, 1.54) is 127 Å². The summed E-state index contributed by atoms with van der Waals surface area (Å²) in [5.74, 6) is 0. The molecule has 0 N–H and O–H groups in total. The summed E-state index contributed by atoms with van der Waals surface area (Å²) in [6, 6.07) is 103. The normalized spacial score (nSPS) is 14.9. The molecule has 4 aliphatic carbocycles. The number of fused-ring (bicyclic) bond motifs is 24. The zero-order chi connectivity index (χ0) is 53.5. The third-order valence-corrected chi connectivity index (χ3v) is 19.6. The molecule has 82 heavy (non-hydrogen) atoms. The first-order valence-electron chi connectivity index (χ1n) is 28.6. The van der Waals surface area contributed by atoms with E-state index >= 15 is 0 Å². The van der Waals surface area contributed by atoms with Crippen molar-refractivity contribution in [2.45, 2.75) is 16.2 Å². The van der Waals surface area contributed by atoms with Crippen molar-refractivity contribution in [3.8, 4) is 55.9 Å². The molecule has 0 fully saturated rings. The van der Waals surface area contributed by atoms with Crippen LogP contribution in [-0.2, 0) is 16.2 Å². The van der Waals surface area contributed by atoms with Gasteiger partial charge in [0.1, 0.15) is 0 Å². The first-order valence-corrected chi connectivity index (χ1v) is 28.6. The molecule has 0 radical (unpaired) electrons. The number of benzene rings is 11. The van der Waals surface area contributed by atoms with Crippen LogP contribution in [0, 0.1) is 0 Å². The third-order valence-electron chi connectivity index (χ3n) is 19.6. The Labute approximate surface area is 474 Å². The molecule has 15 aromatic rings. The molecular weight excluding hydrogens is 991 g/mol. The SMILES string of the molecule is c1ccc(C2(c3ccccc3)c3ccccc3-c3ncc4c(c32)c2cc(-c3ccc5c(c3)C3(c6ccccc6-c6ccccc63)c3ccccc3-5)cc3c5c6c(ncc5n4c23)-c2ccccc2C6(c2ccccc2)c2ccccc2)cc1. The number of rotatable bonds is 5. The molecule has 378 valence electrons. The Balaban J connectivity index is 1.00. The van der Waals surface area contributed by atoms with Crippen molar-refractivity contribution in [1.29, 1.82) is 0 Å².